The first-order valence-corrected chi connectivity index (χ1v) is 3.67. The van der Waals surface area contributed by atoms with Crippen molar-refractivity contribution in [1.82, 2.24) is 4.98 Å². The molecule has 1 atom stereocenters. The fourth-order valence-corrected chi connectivity index (χ4v) is 0.875. The summed E-state index contributed by atoms with van der Waals surface area (Å²) >= 11 is 0. The summed E-state index contributed by atoms with van der Waals surface area (Å²) < 4.78 is 0. The summed E-state index contributed by atoms with van der Waals surface area (Å²) in [7, 11) is 0. The molecule has 0 aliphatic rings. The Morgan fingerprint density at radius 3 is 2.77 bits per heavy atom. The molecule has 0 bridgehead atoms. The number of hydrogen-bond donors (Lipinski definition) is 2. The molecule has 0 spiro atoms. The largest absolute Gasteiger partial charge is 0.378 e. The SMILES string of the molecule is C[C@@H](N)c1cnc(N)c([N+](=O)[O-])c1. The van der Waals surface area contributed by atoms with Gasteiger partial charge in [-0.05, 0) is 12.5 Å². The highest BCUT2D eigenvalue weighted by molar-refractivity contribution is 5.53. The van der Waals surface area contributed by atoms with Crippen LogP contribution in [0.15, 0.2) is 12.3 Å². The van der Waals surface area contributed by atoms with Crippen LogP contribution in [0.2, 0.25) is 0 Å². The van der Waals surface area contributed by atoms with Gasteiger partial charge in [-0.2, -0.15) is 0 Å². The van der Waals surface area contributed by atoms with Crippen LogP contribution in [0.4, 0.5) is 11.5 Å². The van der Waals surface area contributed by atoms with Gasteiger partial charge in [-0.3, -0.25) is 10.1 Å². The Morgan fingerprint density at radius 1 is 1.69 bits per heavy atom. The van der Waals surface area contributed by atoms with Crippen LogP contribution in [0.3, 0.4) is 0 Å². The number of aromatic nitrogens is 1. The van der Waals surface area contributed by atoms with Gasteiger partial charge in [0.1, 0.15) is 0 Å². The molecule has 0 aliphatic heterocycles. The van der Waals surface area contributed by atoms with E-state index in [0.29, 0.717) is 5.56 Å². The average molecular weight is 182 g/mol. The van der Waals surface area contributed by atoms with Crippen molar-refractivity contribution < 1.29 is 4.92 Å². The minimum Gasteiger partial charge on any atom is -0.378 e. The summed E-state index contributed by atoms with van der Waals surface area (Å²) in [5.74, 6) is -0.0885. The monoisotopic (exact) mass is 182 g/mol. The summed E-state index contributed by atoms with van der Waals surface area (Å²) in [5, 5.41) is 10.4. The first kappa shape index (κ1) is 9.40. The predicted octanol–water partition coefficient (Wildman–Crippen LogP) is 0.592. The molecule has 0 radical (unpaired) electrons. The van der Waals surface area contributed by atoms with E-state index in [9.17, 15) is 10.1 Å². The Bertz CT molecular complexity index is 337. The topological polar surface area (TPSA) is 108 Å². The zero-order valence-corrected chi connectivity index (χ0v) is 7.10. The highest BCUT2D eigenvalue weighted by atomic mass is 16.6. The molecule has 1 aromatic rings. The lowest BCUT2D eigenvalue weighted by Gasteiger charge is -2.04. The molecule has 1 heterocycles. The molecule has 4 N–H and O–H groups in total. The van der Waals surface area contributed by atoms with Gasteiger partial charge in [-0.1, -0.05) is 0 Å². The van der Waals surface area contributed by atoms with Crippen LogP contribution in [0, 0.1) is 10.1 Å². The fourth-order valence-electron chi connectivity index (χ4n) is 0.875. The lowest BCUT2D eigenvalue weighted by atomic mass is 10.1. The van der Waals surface area contributed by atoms with Gasteiger partial charge in [-0.25, -0.2) is 4.98 Å². The summed E-state index contributed by atoms with van der Waals surface area (Å²) in [6.07, 6.45) is 1.44. The Hall–Kier alpha value is -1.69. The fraction of sp³-hybridized carbons (Fsp3) is 0.286. The van der Waals surface area contributed by atoms with E-state index < -0.39 is 4.92 Å². The van der Waals surface area contributed by atoms with Crippen molar-refractivity contribution in [1.29, 1.82) is 0 Å². The third-order valence-electron chi connectivity index (χ3n) is 1.64. The van der Waals surface area contributed by atoms with Crippen molar-refractivity contribution >= 4 is 11.5 Å². The van der Waals surface area contributed by atoms with Gasteiger partial charge < -0.3 is 11.5 Å². The van der Waals surface area contributed by atoms with Gasteiger partial charge in [0, 0.05) is 18.3 Å². The normalized spacial score (nSPS) is 12.5. The van der Waals surface area contributed by atoms with Crippen LogP contribution in [-0.4, -0.2) is 9.91 Å². The zero-order chi connectivity index (χ0) is 10.0. The zero-order valence-electron chi connectivity index (χ0n) is 7.10. The number of hydrogen-bond acceptors (Lipinski definition) is 5. The Morgan fingerprint density at radius 2 is 2.31 bits per heavy atom. The van der Waals surface area contributed by atoms with Crippen LogP contribution in [-0.2, 0) is 0 Å². The molecule has 70 valence electrons. The maximum atomic E-state index is 10.4. The van der Waals surface area contributed by atoms with Gasteiger partial charge in [0.2, 0.25) is 5.82 Å². The first-order chi connectivity index (χ1) is 6.02. The molecule has 0 saturated heterocycles. The Labute approximate surface area is 74.7 Å². The van der Waals surface area contributed by atoms with Gasteiger partial charge >= 0.3 is 5.69 Å². The molecular formula is C7H10N4O2. The molecule has 1 aromatic heterocycles. The number of anilines is 1. The third kappa shape index (κ3) is 1.91. The standard InChI is InChI=1S/C7H10N4O2/c1-4(8)5-2-6(11(12)13)7(9)10-3-5/h2-4H,8H2,1H3,(H2,9,10)/t4-/m1/s1. The molecule has 6 heteroatoms. The van der Waals surface area contributed by atoms with Crippen molar-refractivity contribution in [2.75, 3.05) is 5.73 Å². The number of nitro groups is 1. The molecular weight excluding hydrogens is 172 g/mol. The second-order valence-electron chi connectivity index (χ2n) is 2.72. The van der Waals surface area contributed by atoms with E-state index in [1.165, 1.54) is 12.3 Å². The quantitative estimate of drug-likeness (QED) is 0.514. The van der Waals surface area contributed by atoms with E-state index in [-0.39, 0.29) is 17.5 Å². The van der Waals surface area contributed by atoms with E-state index in [1.54, 1.807) is 6.92 Å². The van der Waals surface area contributed by atoms with Crippen molar-refractivity contribution in [3.63, 3.8) is 0 Å². The van der Waals surface area contributed by atoms with Crippen LogP contribution >= 0.6 is 0 Å². The van der Waals surface area contributed by atoms with Crippen LogP contribution in [0.25, 0.3) is 0 Å². The molecule has 0 unspecified atom stereocenters. The number of pyridine rings is 1. The number of nitrogens with two attached hydrogens (primary N) is 2. The van der Waals surface area contributed by atoms with E-state index in [2.05, 4.69) is 4.98 Å². The van der Waals surface area contributed by atoms with Crippen molar-refractivity contribution in [3.8, 4) is 0 Å². The smallest absolute Gasteiger partial charge is 0.311 e. The maximum absolute atomic E-state index is 10.4. The summed E-state index contributed by atoms with van der Waals surface area (Å²) in [6.45, 7) is 1.72. The minimum absolute atomic E-state index is 0.0885. The van der Waals surface area contributed by atoms with E-state index in [1.807, 2.05) is 0 Å². The predicted molar refractivity (Wildman–Crippen MR) is 47.9 cm³/mol. The average Bonchev–Trinajstić information content (AvgIpc) is 2.04. The van der Waals surface area contributed by atoms with Crippen LogP contribution in [0.1, 0.15) is 18.5 Å². The molecule has 0 saturated carbocycles. The summed E-state index contributed by atoms with van der Waals surface area (Å²) in [4.78, 5) is 13.5. The van der Waals surface area contributed by atoms with Crippen molar-refractivity contribution in [3.05, 3.63) is 27.9 Å². The number of nitrogens with zero attached hydrogens (tertiary/aromatic N) is 2. The van der Waals surface area contributed by atoms with Gasteiger partial charge in [0.25, 0.3) is 0 Å². The highest BCUT2D eigenvalue weighted by Gasteiger charge is 2.14. The lowest BCUT2D eigenvalue weighted by molar-refractivity contribution is -0.384. The van der Waals surface area contributed by atoms with Crippen molar-refractivity contribution in [2.24, 2.45) is 5.73 Å². The van der Waals surface area contributed by atoms with Gasteiger partial charge in [-0.15, -0.1) is 0 Å². The van der Waals surface area contributed by atoms with E-state index >= 15 is 0 Å². The third-order valence-corrected chi connectivity index (χ3v) is 1.64. The van der Waals surface area contributed by atoms with E-state index in [0.717, 1.165) is 0 Å². The Kier molecular flexibility index (Phi) is 2.43. The van der Waals surface area contributed by atoms with Gasteiger partial charge in [0.15, 0.2) is 0 Å². The van der Waals surface area contributed by atoms with Crippen LogP contribution < -0.4 is 11.5 Å². The molecule has 6 nitrogen and oxygen atoms in total. The van der Waals surface area contributed by atoms with Crippen LogP contribution in [0.5, 0.6) is 0 Å². The lowest BCUT2D eigenvalue weighted by Crippen LogP contribution is -2.07. The molecule has 0 fully saturated rings. The first-order valence-electron chi connectivity index (χ1n) is 3.67. The number of nitrogen functional groups attached to an aromatic ring is 1. The summed E-state index contributed by atoms with van der Waals surface area (Å²) in [5.41, 5.74) is 11.2. The number of rotatable bonds is 2. The molecule has 13 heavy (non-hydrogen) atoms. The highest BCUT2D eigenvalue weighted by Crippen LogP contribution is 2.21. The minimum atomic E-state index is -0.575. The van der Waals surface area contributed by atoms with Crippen molar-refractivity contribution in [2.45, 2.75) is 13.0 Å². The molecule has 0 amide bonds. The second kappa shape index (κ2) is 3.36. The molecule has 0 aliphatic carbocycles. The molecule has 0 aromatic carbocycles. The maximum Gasteiger partial charge on any atom is 0.311 e. The molecule has 1 rings (SSSR count). The summed E-state index contributed by atoms with van der Waals surface area (Å²) in [6, 6.07) is 1.05. The van der Waals surface area contributed by atoms with E-state index in [4.69, 9.17) is 11.5 Å². The van der Waals surface area contributed by atoms with Gasteiger partial charge in [0.05, 0.1) is 4.92 Å². The second-order valence-corrected chi connectivity index (χ2v) is 2.72. The Balaban J connectivity index is 3.19.